The Bertz CT molecular complexity index is 447. The number of nitrogens with one attached hydrogen (secondary N) is 3. The van der Waals surface area contributed by atoms with Crippen LogP contribution < -0.4 is 16.0 Å². The Balaban J connectivity index is 0.00000220. The van der Waals surface area contributed by atoms with Gasteiger partial charge < -0.3 is 16.0 Å². The van der Waals surface area contributed by atoms with E-state index in [-0.39, 0.29) is 30.1 Å². The van der Waals surface area contributed by atoms with Gasteiger partial charge in [0.25, 0.3) is 5.91 Å². The minimum Gasteiger partial charge on any atom is -0.354 e. The molecular weight excluding hydrogens is 290 g/mol. The first-order valence-corrected chi connectivity index (χ1v) is 7.09. The van der Waals surface area contributed by atoms with Crippen LogP contribution in [0.1, 0.15) is 23.2 Å². The molecule has 0 spiro atoms. The smallest absolute Gasteiger partial charge is 0.251 e. The molecule has 6 heteroatoms. The monoisotopic (exact) mass is 311 g/mol. The Morgan fingerprint density at radius 2 is 1.86 bits per heavy atom. The van der Waals surface area contributed by atoms with Crippen molar-refractivity contribution >= 4 is 24.2 Å². The van der Waals surface area contributed by atoms with E-state index in [0.717, 1.165) is 25.9 Å². The van der Waals surface area contributed by atoms with Crippen molar-refractivity contribution in [3.63, 3.8) is 0 Å². The Morgan fingerprint density at radius 3 is 2.52 bits per heavy atom. The zero-order valence-electron chi connectivity index (χ0n) is 11.9. The van der Waals surface area contributed by atoms with Gasteiger partial charge in [-0.3, -0.25) is 9.59 Å². The van der Waals surface area contributed by atoms with Crippen molar-refractivity contribution in [2.24, 2.45) is 5.92 Å². The molecule has 1 unspecified atom stereocenters. The minimum absolute atomic E-state index is 0. The van der Waals surface area contributed by atoms with Crippen LogP contribution in [0.3, 0.4) is 0 Å². The second-order valence-corrected chi connectivity index (χ2v) is 4.96. The molecule has 1 aliphatic rings. The fraction of sp³-hybridized carbons (Fsp3) is 0.467. The summed E-state index contributed by atoms with van der Waals surface area (Å²) in [5, 5.41) is 8.87. The molecule has 1 atom stereocenters. The summed E-state index contributed by atoms with van der Waals surface area (Å²) in [6.07, 6.45) is 1.98. The van der Waals surface area contributed by atoms with Crippen molar-refractivity contribution < 1.29 is 9.59 Å². The lowest BCUT2D eigenvalue weighted by molar-refractivity contribution is -0.125. The van der Waals surface area contributed by atoms with Crippen LogP contribution in [0.25, 0.3) is 0 Å². The van der Waals surface area contributed by atoms with Crippen LogP contribution in [0.5, 0.6) is 0 Å². The van der Waals surface area contributed by atoms with E-state index in [4.69, 9.17) is 0 Å². The van der Waals surface area contributed by atoms with Gasteiger partial charge in [-0.1, -0.05) is 18.2 Å². The van der Waals surface area contributed by atoms with Crippen molar-refractivity contribution in [3.05, 3.63) is 35.9 Å². The molecule has 0 saturated carbocycles. The first kappa shape index (κ1) is 17.5. The molecule has 1 aliphatic heterocycles. The topological polar surface area (TPSA) is 70.2 Å². The molecule has 1 heterocycles. The summed E-state index contributed by atoms with van der Waals surface area (Å²) >= 11 is 0. The van der Waals surface area contributed by atoms with Crippen molar-refractivity contribution in [2.75, 3.05) is 26.2 Å². The van der Waals surface area contributed by atoms with E-state index in [1.165, 1.54) is 0 Å². The third-order valence-corrected chi connectivity index (χ3v) is 3.41. The summed E-state index contributed by atoms with van der Waals surface area (Å²) in [7, 11) is 0. The number of piperidine rings is 1. The fourth-order valence-electron chi connectivity index (χ4n) is 2.27. The number of carbonyl (C=O) groups excluding carboxylic acids is 2. The Hall–Kier alpha value is -1.59. The van der Waals surface area contributed by atoms with Gasteiger partial charge in [0.1, 0.15) is 0 Å². The van der Waals surface area contributed by atoms with E-state index < -0.39 is 0 Å². The number of halogens is 1. The molecule has 0 radical (unpaired) electrons. The van der Waals surface area contributed by atoms with Gasteiger partial charge in [0, 0.05) is 25.2 Å². The zero-order chi connectivity index (χ0) is 14.2. The zero-order valence-corrected chi connectivity index (χ0v) is 12.7. The Labute approximate surface area is 131 Å². The second-order valence-electron chi connectivity index (χ2n) is 4.96. The van der Waals surface area contributed by atoms with Crippen molar-refractivity contribution in [2.45, 2.75) is 12.8 Å². The summed E-state index contributed by atoms with van der Waals surface area (Å²) in [5.41, 5.74) is 0.635. The normalized spacial score (nSPS) is 17.4. The van der Waals surface area contributed by atoms with Crippen LogP contribution >= 0.6 is 12.4 Å². The lowest BCUT2D eigenvalue weighted by Crippen LogP contribution is -2.42. The van der Waals surface area contributed by atoms with E-state index >= 15 is 0 Å². The molecule has 3 N–H and O–H groups in total. The number of amides is 2. The van der Waals surface area contributed by atoms with Gasteiger partial charge in [-0.2, -0.15) is 0 Å². The largest absolute Gasteiger partial charge is 0.354 e. The van der Waals surface area contributed by atoms with Crippen LogP contribution in [0.15, 0.2) is 30.3 Å². The third kappa shape index (κ3) is 5.73. The number of hydrogen-bond donors (Lipinski definition) is 3. The van der Waals surface area contributed by atoms with Gasteiger partial charge in [-0.15, -0.1) is 12.4 Å². The molecule has 0 aliphatic carbocycles. The molecule has 1 aromatic rings. The van der Waals surface area contributed by atoms with Crippen molar-refractivity contribution in [1.29, 1.82) is 0 Å². The van der Waals surface area contributed by atoms with E-state index in [1.807, 2.05) is 18.2 Å². The molecule has 0 bridgehead atoms. The summed E-state index contributed by atoms with van der Waals surface area (Å²) in [5.74, 6) is 0.0268. The molecule has 2 rings (SSSR count). The predicted molar refractivity (Wildman–Crippen MR) is 84.6 cm³/mol. The highest BCUT2D eigenvalue weighted by atomic mass is 35.5. The highest BCUT2D eigenvalue weighted by Crippen LogP contribution is 2.09. The van der Waals surface area contributed by atoms with Gasteiger partial charge in [0.15, 0.2) is 0 Å². The van der Waals surface area contributed by atoms with E-state index in [9.17, 15) is 9.59 Å². The number of hydrogen-bond acceptors (Lipinski definition) is 3. The van der Waals surface area contributed by atoms with Crippen LogP contribution in [0.4, 0.5) is 0 Å². The molecular formula is C15H22ClN3O2. The summed E-state index contributed by atoms with van der Waals surface area (Å²) < 4.78 is 0. The number of benzene rings is 1. The first-order valence-electron chi connectivity index (χ1n) is 7.09. The third-order valence-electron chi connectivity index (χ3n) is 3.41. The minimum atomic E-state index is -0.112. The van der Waals surface area contributed by atoms with Gasteiger partial charge in [0.05, 0.1) is 5.92 Å². The highest BCUT2D eigenvalue weighted by Gasteiger charge is 2.20. The summed E-state index contributed by atoms with van der Waals surface area (Å²) in [6, 6.07) is 9.05. The maximum Gasteiger partial charge on any atom is 0.251 e. The van der Waals surface area contributed by atoms with Crippen molar-refractivity contribution in [1.82, 2.24) is 16.0 Å². The standard InChI is InChI=1S/C15H21N3O2.ClH/c19-14(12-5-2-1-3-6-12)17-9-10-18-15(20)13-7-4-8-16-11-13;/h1-3,5-6,13,16H,4,7-11H2,(H,17,19)(H,18,20);1H. The molecule has 21 heavy (non-hydrogen) atoms. The van der Waals surface area contributed by atoms with Crippen LogP contribution in [-0.4, -0.2) is 38.0 Å². The lowest BCUT2D eigenvalue weighted by Gasteiger charge is -2.21. The quantitative estimate of drug-likeness (QED) is 0.709. The van der Waals surface area contributed by atoms with Gasteiger partial charge in [-0.05, 0) is 31.5 Å². The summed E-state index contributed by atoms with van der Waals surface area (Å²) in [6.45, 7) is 2.66. The highest BCUT2D eigenvalue weighted by molar-refractivity contribution is 5.94. The van der Waals surface area contributed by atoms with Crippen LogP contribution in [-0.2, 0) is 4.79 Å². The van der Waals surface area contributed by atoms with Crippen molar-refractivity contribution in [3.8, 4) is 0 Å². The maximum atomic E-state index is 11.8. The average molecular weight is 312 g/mol. The number of rotatable bonds is 5. The van der Waals surface area contributed by atoms with Crippen LogP contribution in [0, 0.1) is 5.92 Å². The molecule has 0 aromatic heterocycles. The van der Waals surface area contributed by atoms with E-state index in [2.05, 4.69) is 16.0 Å². The number of carbonyl (C=O) groups is 2. The van der Waals surface area contributed by atoms with Gasteiger partial charge in [-0.25, -0.2) is 0 Å². The molecule has 1 aromatic carbocycles. The Kier molecular flexibility index (Phi) is 7.79. The van der Waals surface area contributed by atoms with Gasteiger partial charge >= 0.3 is 0 Å². The van der Waals surface area contributed by atoms with E-state index in [0.29, 0.717) is 18.7 Å². The molecule has 1 fully saturated rings. The first-order chi connectivity index (χ1) is 9.77. The maximum absolute atomic E-state index is 11.8. The average Bonchev–Trinajstić information content (AvgIpc) is 2.53. The Morgan fingerprint density at radius 1 is 1.14 bits per heavy atom. The summed E-state index contributed by atoms with van der Waals surface area (Å²) in [4.78, 5) is 23.6. The lowest BCUT2D eigenvalue weighted by atomic mass is 9.99. The fourth-order valence-corrected chi connectivity index (χ4v) is 2.27. The molecule has 116 valence electrons. The molecule has 1 saturated heterocycles. The van der Waals surface area contributed by atoms with E-state index in [1.54, 1.807) is 12.1 Å². The van der Waals surface area contributed by atoms with Crippen LogP contribution in [0.2, 0.25) is 0 Å². The second kappa shape index (κ2) is 9.37. The predicted octanol–water partition coefficient (Wildman–Crippen LogP) is 0.954. The SMILES string of the molecule is Cl.O=C(NCCNC(=O)C1CCCNC1)c1ccccc1. The van der Waals surface area contributed by atoms with Gasteiger partial charge in [0.2, 0.25) is 5.91 Å². The molecule has 2 amide bonds. The molecule has 5 nitrogen and oxygen atoms in total.